The van der Waals surface area contributed by atoms with Crippen LogP contribution < -0.4 is 0 Å². The number of halogens is 1. The molecule has 1 saturated heterocycles. The van der Waals surface area contributed by atoms with Gasteiger partial charge in [-0.1, -0.05) is 11.6 Å². The summed E-state index contributed by atoms with van der Waals surface area (Å²) in [4.78, 5) is 11.8. The molecule has 1 unspecified atom stereocenters. The summed E-state index contributed by atoms with van der Waals surface area (Å²) in [6, 6.07) is 1.89. The lowest BCUT2D eigenvalue weighted by molar-refractivity contribution is 0.213. The van der Waals surface area contributed by atoms with Crippen LogP contribution in [0.5, 0.6) is 0 Å². The Kier molecular flexibility index (Phi) is 3.70. The molecule has 20 heavy (non-hydrogen) atoms. The van der Waals surface area contributed by atoms with Gasteiger partial charge in [-0.05, 0) is 18.4 Å². The number of aromatic nitrogens is 2. The molecule has 2 aromatic rings. The van der Waals surface area contributed by atoms with Gasteiger partial charge >= 0.3 is 0 Å². The van der Waals surface area contributed by atoms with Gasteiger partial charge < -0.3 is 0 Å². The van der Waals surface area contributed by atoms with Crippen LogP contribution in [0.25, 0.3) is 10.2 Å². The lowest BCUT2D eigenvalue weighted by atomic mass is 10.3. The summed E-state index contributed by atoms with van der Waals surface area (Å²) in [6.07, 6.45) is 0. The van der Waals surface area contributed by atoms with Crippen molar-refractivity contribution in [3.8, 4) is 0 Å². The van der Waals surface area contributed by atoms with Crippen LogP contribution in [0.4, 0.5) is 0 Å². The fourth-order valence-corrected chi connectivity index (χ4v) is 5.09. The van der Waals surface area contributed by atoms with Crippen LogP contribution in [-0.4, -0.2) is 47.4 Å². The first kappa shape index (κ1) is 14.2. The number of hydrogen-bond donors (Lipinski definition) is 0. The predicted octanol–water partition coefficient (Wildman–Crippen LogP) is 1.96. The Morgan fingerprint density at radius 2 is 2.30 bits per heavy atom. The molecule has 0 radical (unpaired) electrons. The van der Waals surface area contributed by atoms with Crippen molar-refractivity contribution in [3.63, 3.8) is 0 Å². The molecule has 0 amide bonds. The summed E-state index contributed by atoms with van der Waals surface area (Å²) in [5.41, 5.74) is 0. The molecule has 1 aliphatic rings. The fourth-order valence-electron chi connectivity index (χ4n) is 2.38. The maximum absolute atomic E-state index is 11.6. The lowest BCUT2D eigenvalue weighted by Gasteiger charge is -2.32. The second-order valence-electron chi connectivity index (χ2n) is 5.00. The summed E-state index contributed by atoms with van der Waals surface area (Å²) >= 11 is 7.67. The van der Waals surface area contributed by atoms with Crippen molar-refractivity contribution in [2.45, 2.75) is 19.5 Å². The van der Waals surface area contributed by atoms with E-state index in [1.165, 1.54) is 11.3 Å². The zero-order chi connectivity index (χ0) is 14.3. The third kappa shape index (κ3) is 2.81. The topological polar surface area (TPSA) is 63.2 Å². The number of sulfone groups is 1. The Hall–Kier alpha value is -0.760. The number of thiophene rings is 1. The Bertz CT molecular complexity index is 744. The molecule has 0 saturated carbocycles. The van der Waals surface area contributed by atoms with E-state index in [2.05, 4.69) is 14.9 Å². The highest BCUT2D eigenvalue weighted by Crippen LogP contribution is 2.25. The Balaban J connectivity index is 1.83. The molecular weight excluding hydrogens is 318 g/mol. The van der Waals surface area contributed by atoms with E-state index in [0.717, 1.165) is 10.2 Å². The first-order valence-corrected chi connectivity index (χ1v) is 9.36. The van der Waals surface area contributed by atoms with E-state index < -0.39 is 9.84 Å². The van der Waals surface area contributed by atoms with E-state index in [4.69, 9.17) is 11.6 Å². The van der Waals surface area contributed by atoms with Crippen LogP contribution in [0.1, 0.15) is 12.7 Å². The van der Waals surface area contributed by atoms with E-state index in [9.17, 15) is 8.42 Å². The van der Waals surface area contributed by atoms with Crippen molar-refractivity contribution < 1.29 is 8.42 Å². The van der Waals surface area contributed by atoms with Crippen LogP contribution >= 0.6 is 22.9 Å². The molecule has 0 aromatic carbocycles. The van der Waals surface area contributed by atoms with Crippen molar-refractivity contribution in [2.24, 2.45) is 0 Å². The van der Waals surface area contributed by atoms with Gasteiger partial charge in [0.15, 0.2) is 9.84 Å². The Labute approximate surface area is 126 Å². The van der Waals surface area contributed by atoms with Crippen LogP contribution in [0.2, 0.25) is 5.15 Å². The van der Waals surface area contributed by atoms with Crippen molar-refractivity contribution >= 4 is 43.0 Å². The smallest absolute Gasteiger partial charge is 0.153 e. The van der Waals surface area contributed by atoms with E-state index >= 15 is 0 Å². The minimum atomic E-state index is -2.90. The third-order valence-corrected chi connectivity index (χ3v) is 6.37. The first-order valence-electron chi connectivity index (χ1n) is 6.29. The van der Waals surface area contributed by atoms with Crippen molar-refractivity contribution in [1.29, 1.82) is 0 Å². The molecule has 3 heterocycles. The molecule has 0 aliphatic carbocycles. The molecule has 1 atom stereocenters. The van der Waals surface area contributed by atoms with E-state index in [0.29, 0.717) is 24.1 Å². The minimum Gasteiger partial charge on any atom is -0.291 e. The zero-order valence-corrected chi connectivity index (χ0v) is 13.3. The molecule has 0 N–H and O–H groups in total. The molecule has 5 nitrogen and oxygen atoms in total. The van der Waals surface area contributed by atoms with Gasteiger partial charge in [-0.15, -0.1) is 11.3 Å². The third-order valence-electron chi connectivity index (χ3n) is 3.48. The molecule has 8 heteroatoms. The van der Waals surface area contributed by atoms with Gasteiger partial charge in [0.2, 0.25) is 0 Å². The summed E-state index contributed by atoms with van der Waals surface area (Å²) in [6.45, 7) is 2.97. The van der Waals surface area contributed by atoms with Gasteiger partial charge in [0.05, 0.1) is 18.1 Å². The molecule has 1 fully saturated rings. The van der Waals surface area contributed by atoms with Gasteiger partial charge in [-0.25, -0.2) is 18.4 Å². The highest BCUT2D eigenvalue weighted by Gasteiger charge is 2.28. The Morgan fingerprint density at radius 1 is 1.50 bits per heavy atom. The zero-order valence-electron chi connectivity index (χ0n) is 10.9. The van der Waals surface area contributed by atoms with Crippen molar-refractivity contribution in [3.05, 3.63) is 22.4 Å². The molecular formula is C12H14ClN3O2S2. The van der Waals surface area contributed by atoms with E-state index in [-0.39, 0.29) is 17.5 Å². The average Bonchev–Trinajstić information content (AvgIpc) is 2.81. The van der Waals surface area contributed by atoms with Crippen LogP contribution in [-0.2, 0) is 16.4 Å². The Morgan fingerprint density at radius 3 is 3.05 bits per heavy atom. The maximum atomic E-state index is 11.6. The molecule has 2 aromatic heterocycles. The predicted molar refractivity (Wildman–Crippen MR) is 81.0 cm³/mol. The summed E-state index contributed by atoms with van der Waals surface area (Å²) in [7, 11) is -2.90. The fraction of sp³-hybridized carbons (Fsp3) is 0.500. The van der Waals surface area contributed by atoms with E-state index in [1.54, 1.807) is 0 Å². The van der Waals surface area contributed by atoms with Crippen LogP contribution in [0.3, 0.4) is 0 Å². The number of rotatable bonds is 2. The molecule has 0 bridgehead atoms. The molecule has 3 rings (SSSR count). The number of nitrogens with zero attached hydrogens (tertiary/aromatic N) is 3. The molecule has 0 spiro atoms. The summed E-state index contributed by atoms with van der Waals surface area (Å²) in [5, 5.41) is 3.27. The summed E-state index contributed by atoms with van der Waals surface area (Å²) in [5.74, 6) is 1.05. The normalized spacial score (nSPS) is 23.2. The largest absolute Gasteiger partial charge is 0.291 e. The molecule has 1 aliphatic heterocycles. The highest BCUT2D eigenvalue weighted by molar-refractivity contribution is 7.91. The molecule has 108 valence electrons. The van der Waals surface area contributed by atoms with Gasteiger partial charge in [0, 0.05) is 18.0 Å². The van der Waals surface area contributed by atoms with Crippen molar-refractivity contribution in [2.75, 3.05) is 18.1 Å². The number of hydrogen-bond acceptors (Lipinski definition) is 6. The quantitative estimate of drug-likeness (QED) is 0.787. The average molecular weight is 332 g/mol. The van der Waals surface area contributed by atoms with Gasteiger partial charge in [-0.2, -0.15) is 0 Å². The second-order valence-corrected chi connectivity index (χ2v) is 8.49. The summed E-state index contributed by atoms with van der Waals surface area (Å²) < 4.78 is 23.2. The van der Waals surface area contributed by atoms with Crippen molar-refractivity contribution in [1.82, 2.24) is 14.9 Å². The maximum Gasteiger partial charge on any atom is 0.153 e. The van der Waals surface area contributed by atoms with Gasteiger partial charge in [0.1, 0.15) is 15.8 Å². The monoisotopic (exact) mass is 331 g/mol. The standard InChI is InChI=1S/C12H14ClN3O2S2/c1-8-7-20(17,18)5-3-16(8)6-10-14-11(13)9-2-4-19-12(9)15-10/h2,4,8H,3,5-7H2,1H3. The van der Waals surface area contributed by atoms with E-state index in [1.807, 2.05) is 18.4 Å². The van der Waals surface area contributed by atoms with Crippen LogP contribution in [0, 0.1) is 0 Å². The second kappa shape index (κ2) is 5.22. The number of fused-ring (bicyclic) bond motifs is 1. The SMILES string of the molecule is CC1CS(=O)(=O)CCN1Cc1nc(Cl)c2ccsc2n1. The lowest BCUT2D eigenvalue weighted by Crippen LogP contribution is -2.46. The highest BCUT2D eigenvalue weighted by atomic mass is 35.5. The van der Waals surface area contributed by atoms with Crippen LogP contribution in [0.15, 0.2) is 11.4 Å². The minimum absolute atomic E-state index is 0.0184. The van der Waals surface area contributed by atoms with Gasteiger partial charge in [0.25, 0.3) is 0 Å². The first-order chi connectivity index (χ1) is 9.44. The van der Waals surface area contributed by atoms with Gasteiger partial charge in [-0.3, -0.25) is 4.90 Å².